The van der Waals surface area contributed by atoms with E-state index in [1.165, 1.54) is 173 Å². The molecule has 1 aliphatic rings. The van der Waals surface area contributed by atoms with Crippen molar-refractivity contribution in [3.05, 3.63) is 6.17 Å². The van der Waals surface area contributed by atoms with Crippen molar-refractivity contribution in [3.63, 3.8) is 0 Å². The predicted octanol–water partition coefficient (Wildman–Crippen LogP) is 12.2. The maximum atomic E-state index is 4.32. The Balaban J connectivity index is 2.07. The van der Waals surface area contributed by atoms with Crippen LogP contribution in [0.1, 0.15) is 194 Å². The van der Waals surface area contributed by atoms with E-state index >= 15 is 0 Å². The Kier molecular flexibility index (Phi) is 25.2. The molecule has 0 aromatic rings. The molecule has 2 nitrogen and oxygen atoms in total. The molecule has 0 radical (unpaired) electrons. The first kappa shape index (κ1) is 33.2. The van der Waals surface area contributed by atoms with Crippen LogP contribution in [-0.4, -0.2) is 12.4 Å². The molecule has 1 aliphatic heterocycles. The van der Waals surface area contributed by atoms with Crippen molar-refractivity contribution in [1.29, 1.82) is 0 Å². The van der Waals surface area contributed by atoms with E-state index in [2.05, 4.69) is 23.8 Å². The minimum Gasteiger partial charge on any atom is -0.0968 e. The lowest BCUT2D eigenvalue weighted by Crippen LogP contribution is -2.02. The van der Waals surface area contributed by atoms with Crippen LogP contribution in [0.25, 0.3) is 0 Å². The summed E-state index contributed by atoms with van der Waals surface area (Å²) in [6.07, 6.45) is 44.8. The molecule has 0 aromatic carbocycles. The van der Waals surface area contributed by atoms with Gasteiger partial charge in [-0.25, -0.2) is 0 Å². The standard InChI is InChI=1S/C34H65N2/c1-3-5-7-9-11-13-15-17-19-21-24-28-33(29-25-22-26-30-34-35-31-32-36-34)27-23-20-18-16-14-12-10-8-6-4-2/h31-33H,3-30H2,1-2H3/q+1. The molecule has 0 aromatic heterocycles. The van der Waals surface area contributed by atoms with Gasteiger partial charge in [0.2, 0.25) is 6.17 Å². The zero-order valence-corrected chi connectivity index (χ0v) is 24.9. The molecule has 36 heavy (non-hydrogen) atoms. The minimum absolute atomic E-state index is 0.979. The van der Waals surface area contributed by atoms with Crippen molar-refractivity contribution < 1.29 is 0 Å². The number of hydrogen-bond donors (Lipinski definition) is 0. The molecule has 1 unspecified atom stereocenters. The second-order valence-corrected chi connectivity index (χ2v) is 11.7. The lowest BCUT2D eigenvalue weighted by atomic mass is 9.89. The van der Waals surface area contributed by atoms with Gasteiger partial charge in [0.05, 0.1) is 6.42 Å². The van der Waals surface area contributed by atoms with Crippen molar-refractivity contribution in [1.82, 2.24) is 0 Å². The summed E-state index contributed by atoms with van der Waals surface area (Å²) < 4.78 is 0. The zero-order valence-electron chi connectivity index (χ0n) is 24.9. The van der Waals surface area contributed by atoms with Gasteiger partial charge in [0.25, 0.3) is 0 Å². The first-order valence-corrected chi connectivity index (χ1v) is 16.8. The Hall–Kier alpha value is -0.790. The third-order valence-corrected chi connectivity index (χ3v) is 8.21. The summed E-state index contributed by atoms with van der Waals surface area (Å²) in [5.41, 5.74) is 0. The van der Waals surface area contributed by atoms with Gasteiger partial charge in [-0.05, 0) is 12.3 Å². The minimum atomic E-state index is 0.979. The number of rotatable bonds is 29. The van der Waals surface area contributed by atoms with E-state index in [1.54, 1.807) is 0 Å². The summed E-state index contributed by atoms with van der Waals surface area (Å²) in [4.78, 5) is 8.64. The van der Waals surface area contributed by atoms with Crippen molar-refractivity contribution in [2.45, 2.75) is 194 Å². The summed E-state index contributed by atoms with van der Waals surface area (Å²) in [7, 11) is 0. The van der Waals surface area contributed by atoms with Gasteiger partial charge < -0.3 is 0 Å². The fourth-order valence-electron chi connectivity index (χ4n) is 5.74. The topological polar surface area (TPSA) is 24.7 Å². The van der Waals surface area contributed by atoms with Crippen LogP contribution in [0.4, 0.5) is 0 Å². The van der Waals surface area contributed by atoms with E-state index in [-0.39, 0.29) is 0 Å². The Morgan fingerprint density at radius 2 is 0.722 bits per heavy atom. The first-order chi connectivity index (χ1) is 17.9. The molecule has 2 heteroatoms. The van der Waals surface area contributed by atoms with E-state index in [4.69, 9.17) is 0 Å². The average Bonchev–Trinajstić information content (AvgIpc) is 3.41. The molecule has 0 aliphatic carbocycles. The van der Waals surface area contributed by atoms with Crippen LogP contribution >= 0.6 is 0 Å². The largest absolute Gasteiger partial charge is 0.240 e. The van der Waals surface area contributed by atoms with Crippen LogP contribution in [0.3, 0.4) is 0 Å². The lowest BCUT2D eigenvalue weighted by molar-refractivity contribution is 0.366. The van der Waals surface area contributed by atoms with Gasteiger partial charge in [-0.15, -0.1) is 0 Å². The molecule has 0 saturated heterocycles. The fraction of sp³-hybridized carbons (Fsp3) is 0.912. The van der Waals surface area contributed by atoms with Crippen LogP contribution in [-0.2, 0) is 0 Å². The van der Waals surface area contributed by atoms with Gasteiger partial charge in [0.15, 0.2) is 12.4 Å². The SMILES string of the molecule is CCCCCCCCCCCCCC(CCCCCCCCCCCC)CCCCC[C+]1N=CC=N1. The van der Waals surface area contributed by atoms with Crippen molar-refractivity contribution in [2.24, 2.45) is 15.9 Å². The number of hydrogen-bond acceptors (Lipinski definition) is 2. The molecule has 0 amide bonds. The molecule has 0 N–H and O–H groups in total. The fourth-order valence-corrected chi connectivity index (χ4v) is 5.74. The van der Waals surface area contributed by atoms with Gasteiger partial charge in [-0.3, -0.25) is 0 Å². The summed E-state index contributed by atoms with van der Waals surface area (Å²) in [6.45, 7) is 4.62. The number of unbranched alkanes of at least 4 members (excludes halogenated alkanes) is 21. The third kappa shape index (κ3) is 22.4. The highest BCUT2D eigenvalue weighted by Crippen LogP contribution is 2.25. The Morgan fingerprint density at radius 3 is 1.08 bits per heavy atom. The normalized spacial score (nSPS) is 13.8. The Morgan fingerprint density at radius 1 is 0.417 bits per heavy atom. The maximum Gasteiger partial charge on any atom is 0.240 e. The summed E-state index contributed by atoms with van der Waals surface area (Å²) in [5.74, 6) is 0.979. The lowest BCUT2D eigenvalue weighted by Gasteiger charge is -2.17. The molecule has 0 bridgehead atoms. The summed E-state index contributed by atoms with van der Waals surface area (Å²) in [5, 5.41) is 0. The zero-order chi connectivity index (χ0) is 25.8. The van der Waals surface area contributed by atoms with Gasteiger partial charge >= 0.3 is 0 Å². The molecule has 1 heterocycles. The monoisotopic (exact) mass is 502 g/mol. The second kappa shape index (κ2) is 27.3. The van der Waals surface area contributed by atoms with E-state index < -0.39 is 0 Å². The molecule has 0 spiro atoms. The second-order valence-electron chi connectivity index (χ2n) is 11.7. The average molecular weight is 502 g/mol. The summed E-state index contributed by atoms with van der Waals surface area (Å²) in [6, 6.07) is 0. The smallest absolute Gasteiger partial charge is 0.0968 e. The molecular weight excluding hydrogens is 436 g/mol. The number of nitrogens with zero attached hydrogens (tertiary/aromatic N) is 2. The van der Waals surface area contributed by atoms with Crippen LogP contribution < -0.4 is 0 Å². The molecular formula is C34H65N2+. The molecule has 1 atom stereocenters. The van der Waals surface area contributed by atoms with E-state index in [1.807, 2.05) is 12.4 Å². The first-order valence-electron chi connectivity index (χ1n) is 16.8. The molecule has 0 saturated carbocycles. The maximum absolute atomic E-state index is 4.32. The van der Waals surface area contributed by atoms with Crippen LogP contribution in [0.15, 0.2) is 9.98 Å². The van der Waals surface area contributed by atoms with Crippen molar-refractivity contribution in [3.8, 4) is 0 Å². The summed E-state index contributed by atoms with van der Waals surface area (Å²) >= 11 is 0. The number of aliphatic imine (C=N–C) groups is 2. The molecule has 210 valence electrons. The van der Waals surface area contributed by atoms with Gasteiger partial charge in [0.1, 0.15) is 0 Å². The van der Waals surface area contributed by atoms with Crippen LogP contribution in [0.2, 0.25) is 0 Å². The van der Waals surface area contributed by atoms with Crippen molar-refractivity contribution >= 4 is 12.4 Å². The Bertz CT molecular complexity index is 472. The highest BCUT2D eigenvalue weighted by Gasteiger charge is 2.15. The molecule has 0 fully saturated rings. The van der Waals surface area contributed by atoms with E-state index in [0.29, 0.717) is 0 Å². The van der Waals surface area contributed by atoms with Crippen LogP contribution in [0, 0.1) is 12.1 Å². The van der Waals surface area contributed by atoms with Crippen LogP contribution in [0.5, 0.6) is 0 Å². The third-order valence-electron chi connectivity index (χ3n) is 8.21. The highest BCUT2D eigenvalue weighted by molar-refractivity contribution is 6.18. The van der Waals surface area contributed by atoms with E-state index in [9.17, 15) is 0 Å². The quantitative estimate of drug-likeness (QED) is 0.0719. The Labute approximate surface area is 228 Å². The van der Waals surface area contributed by atoms with Gasteiger partial charge in [-0.1, -0.05) is 191 Å². The molecule has 1 rings (SSSR count). The van der Waals surface area contributed by atoms with E-state index in [0.717, 1.165) is 18.5 Å². The van der Waals surface area contributed by atoms with Crippen molar-refractivity contribution in [2.75, 3.05) is 0 Å². The van der Waals surface area contributed by atoms with Gasteiger partial charge in [-0.2, -0.15) is 0 Å². The predicted molar refractivity (Wildman–Crippen MR) is 164 cm³/mol. The van der Waals surface area contributed by atoms with Gasteiger partial charge in [0, 0.05) is 0 Å². The highest BCUT2D eigenvalue weighted by atomic mass is 15.0.